The van der Waals surface area contributed by atoms with Crippen LogP contribution in [0.4, 0.5) is 10.1 Å². The van der Waals surface area contributed by atoms with Crippen LogP contribution >= 0.6 is 27.7 Å². The summed E-state index contributed by atoms with van der Waals surface area (Å²) in [4.78, 5) is 12.2. The molecule has 0 radical (unpaired) electrons. The Kier molecular flexibility index (Phi) is 4.44. The Morgan fingerprint density at radius 3 is 3.00 bits per heavy atom. The second-order valence-corrected chi connectivity index (χ2v) is 7.23. The summed E-state index contributed by atoms with van der Waals surface area (Å²) in [5, 5.41) is 14.3. The van der Waals surface area contributed by atoms with Crippen molar-refractivity contribution < 1.29 is 9.18 Å². The topological polar surface area (TPSA) is 72.7 Å². The number of carbonyl (C=O) groups is 1. The van der Waals surface area contributed by atoms with E-state index in [0.717, 1.165) is 12.8 Å². The van der Waals surface area contributed by atoms with Crippen molar-refractivity contribution in [3.05, 3.63) is 28.5 Å². The smallest absolute Gasteiger partial charge is 0.237 e. The van der Waals surface area contributed by atoms with Crippen molar-refractivity contribution in [1.29, 1.82) is 0 Å². The average molecular weight is 386 g/mol. The Balaban J connectivity index is 1.65. The fourth-order valence-corrected chi connectivity index (χ4v) is 3.04. The molecular weight excluding hydrogens is 373 g/mol. The fraction of sp³-hybridized carbons (Fsp3) is 0.385. The molecule has 0 spiro atoms. The summed E-state index contributed by atoms with van der Waals surface area (Å²) < 4.78 is 16.1. The lowest BCUT2D eigenvalue weighted by molar-refractivity contribution is -0.115. The predicted molar refractivity (Wildman–Crippen MR) is 84.1 cm³/mol. The lowest BCUT2D eigenvalue weighted by Crippen LogP contribution is -2.23. The molecule has 1 amide bonds. The number of thioether (sulfide) groups is 1. The van der Waals surface area contributed by atoms with Crippen LogP contribution in [0.25, 0.3) is 0 Å². The number of carbonyl (C=O) groups excluding carboxylic acids is 1. The van der Waals surface area contributed by atoms with E-state index in [9.17, 15) is 9.18 Å². The molecule has 0 aliphatic heterocycles. The molecule has 1 saturated carbocycles. The van der Waals surface area contributed by atoms with Gasteiger partial charge in [0, 0.05) is 4.47 Å². The summed E-state index contributed by atoms with van der Waals surface area (Å²) >= 11 is 4.44. The molecule has 1 aliphatic carbocycles. The molecule has 0 unspecified atom stereocenters. The maximum atomic E-state index is 13.7. The van der Waals surface area contributed by atoms with Gasteiger partial charge in [-0.1, -0.05) is 27.7 Å². The second kappa shape index (κ2) is 6.33. The Labute approximate surface area is 139 Å². The first-order valence-electron chi connectivity index (χ1n) is 6.75. The van der Waals surface area contributed by atoms with Crippen LogP contribution in [0.15, 0.2) is 27.8 Å². The molecule has 1 N–H and O–H groups in total. The maximum Gasteiger partial charge on any atom is 0.237 e. The van der Waals surface area contributed by atoms with Crippen LogP contribution in [-0.2, 0) is 4.79 Å². The minimum absolute atomic E-state index is 0.155. The summed E-state index contributed by atoms with van der Waals surface area (Å²) in [5.74, 6) is -0.778. The Hall–Kier alpha value is -1.48. The third-order valence-electron chi connectivity index (χ3n) is 3.20. The van der Waals surface area contributed by atoms with E-state index in [-0.39, 0.29) is 11.6 Å². The molecule has 0 bridgehead atoms. The van der Waals surface area contributed by atoms with Gasteiger partial charge in [-0.05, 0) is 48.4 Å². The van der Waals surface area contributed by atoms with Gasteiger partial charge in [0.25, 0.3) is 0 Å². The van der Waals surface area contributed by atoms with Crippen molar-refractivity contribution in [2.75, 3.05) is 5.32 Å². The van der Waals surface area contributed by atoms with Crippen LogP contribution in [0, 0.1) is 5.82 Å². The zero-order chi connectivity index (χ0) is 15.7. The lowest BCUT2D eigenvalue weighted by Gasteiger charge is -2.12. The van der Waals surface area contributed by atoms with E-state index in [4.69, 9.17) is 0 Å². The van der Waals surface area contributed by atoms with Crippen LogP contribution in [0.2, 0.25) is 0 Å². The number of anilines is 1. The highest BCUT2D eigenvalue weighted by molar-refractivity contribution is 9.10. The summed E-state index contributed by atoms with van der Waals surface area (Å²) in [5.41, 5.74) is 0.155. The molecule has 0 saturated heterocycles. The monoisotopic (exact) mass is 385 g/mol. The molecule has 9 heteroatoms. The molecule has 3 rings (SSSR count). The first kappa shape index (κ1) is 15.4. The summed E-state index contributed by atoms with van der Waals surface area (Å²) in [6, 6.07) is 4.84. The van der Waals surface area contributed by atoms with Gasteiger partial charge in [0.15, 0.2) is 0 Å². The van der Waals surface area contributed by atoms with Gasteiger partial charge < -0.3 is 5.32 Å². The van der Waals surface area contributed by atoms with Gasteiger partial charge in [-0.25, -0.2) is 9.07 Å². The average Bonchev–Trinajstić information content (AvgIpc) is 3.22. The molecule has 6 nitrogen and oxygen atoms in total. The minimum atomic E-state index is -0.484. The second-order valence-electron chi connectivity index (χ2n) is 5.01. The molecule has 1 aromatic carbocycles. The van der Waals surface area contributed by atoms with Crippen LogP contribution in [-0.4, -0.2) is 31.4 Å². The number of benzene rings is 1. The van der Waals surface area contributed by atoms with Crippen molar-refractivity contribution >= 4 is 39.3 Å². The van der Waals surface area contributed by atoms with Gasteiger partial charge in [-0.2, -0.15) is 0 Å². The van der Waals surface area contributed by atoms with E-state index in [2.05, 4.69) is 36.8 Å². The molecule has 1 atom stereocenters. The predicted octanol–water partition coefficient (Wildman–Crippen LogP) is 3.03. The maximum absolute atomic E-state index is 13.7. The van der Waals surface area contributed by atoms with Gasteiger partial charge in [0.05, 0.1) is 17.0 Å². The molecule has 1 aromatic heterocycles. The van der Waals surface area contributed by atoms with E-state index < -0.39 is 11.1 Å². The van der Waals surface area contributed by atoms with Crippen LogP contribution < -0.4 is 5.32 Å². The minimum Gasteiger partial charge on any atom is -0.323 e. The zero-order valence-electron chi connectivity index (χ0n) is 11.7. The highest BCUT2D eigenvalue weighted by Crippen LogP contribution is 2.37. The largest absolute Gasteiger partial charge is 0.323 e. The van der Waals surface area contributed by atoms with Crippen molar-refractivity contribution in [3.63, 3.8) is 0 Å². The Bertz CT molecular complexity index is 705. The zero-order valence-corrected chi connectivity index (χ0v) is 14.1. The highest BCUT2D eigenvalue weighted by atomic mass is 79.9. The molecule has 2 aromatic rings. The van der Waals surface area contributed by atoms with Gasteiger partial charge in [-0.15, -0.1) is 5.10 Å². The van der Waals surface area contributed by atoms with Crippen molar-refractivity contribution in [2.45, 2.75) is 36.2 Å². The van der Waals surface area contributed by atoms with Crippen molar-refractivity contribution in [3.8, 4) is 0 Å². The molecule has 116 valence electrons. The summed E-state index contributed by atoms with van der Waals surface area (Å²) in [6.07, 6.45) is 2.12. The van der Waals surface area contributed by atoms with Gasteiger partial charge >= 0.3 is 0 Å². The number of rotatable bonds is 5. The third-order valence-corrected chi connectivity index (χ3v) is 4.74. The molecule has 22 heavy (non-hydrogen) atoms. The number of hydrogen-bond donors (Lipinski definition) is 1. The quantitative estimate of drug-likeness (QED) is 0.800. The number of tetrazole rings is 1. The van der Waals surface area contributed by atoms with Crippen molar-refractivity contribution in [2.24, 2.45) is 0 Å². The van der Waals surface area contributed by atoms with Crippen molar-refractivity contribution in [1.82, 2.24) is 20.2 Å². The standard InChI is InChI=1S/C13H13BrFN5OS/c1-7(22-13-17-18-19-20(13)9-3-4-9)12(21)16-11-5-2-8(14)6-10(11)15/h2,5-7,9H,3-4H2,1H3,(H,16,21)/t7-/m0/s1. The Morgan fingerprint density at radius 1 is 1.55 bits per heavy atom. The van der Waals surface area contributed by atoms with Gasteiger partial charge in [0.1, 0.15) is 5.82 Å². The number of nitrogens with zero attached hydrogens (tertiary/aromatic N) is 4. The fourth-order valence-electron chi connectivity index (χ4n) is 1.85. The van der Waals surface area contributed by atoms with E-state index in [0.29, 0.717) is 15.7 Å². The lowest BCUT2D eigenvalue weighted by atomic mass is 10.3. The summed E-state index contributed by atoms with van der Waals surface area (Å²) in [6.45, 7) is 1.74. The SMILES string of the molecule is C[C@H](Sc1nnnn1C1CC1)C(=O)Nc1ccc(Br)cc1F. The van der Waals surface area contributed by atoms with Gasteiger partial charge in [0.2, 0.25) is 11.1 Å². The first-order valence-corrected chi connectivity index (χ1v) is 8.42. The van der Waals surface area contributed by atoms with E-state index in [1.54, 1.807) is 17.7 Å². The first-order chi connectivity index (χ1) is 10.5. The van der Waals surface area contributed by atoms with Crippen LogP contribution in [0.1, 0.15) is 25.8 Å². The number of hydrogen-bond acceptors (Lipinski definition) is 5. The molecule has 1 fully saturated rings. The highest BCUT2D eigenvalue weighted by Gasteiger charge is 2.29. The molecule has 1 aliphatic rings. The molecular formula is C13H13BrFN5OS. The Morgan fingerprint density at radius 2 is 2.32 bits per heavy atom. The van der Waals surface area contributed by atoms with E-state index >= 15 is 0 Å². The third kappa shape index (κ3) is 3.46. The number of aromatic nitrogens is 4. The summed E-state index contributed by atoms with van der Waals surface area (Å²) in [7, 11) is 0. The normalized spacial score (nSPS) is 15.6. The number of halogens is 2. The van der Waals surface area contributed by atoms with Gasteiger partial charge in [-0.3, -0.25) is 4.79 Å². The van der Waals surface area contributed by atoms with Crippen LogP contribution in [0.5, 0.6) is 0 Å². The molecule has 1 heterocycles. The number of nitrogens with one attached hydrogen (secondary N) is 1. The van der Waals surface area contributed by atoms with E-state index in [1.165, 1.54) is 23.9 Å². The van der Waals surface area contributed by atoms with Crippen LogP contribution in [0.3, 0.4) is 0 Å². The van der Waals surface area contributed by atoms with E-state index in [1.807, 2.05) is 0 Å². The number of amides is 1.